The van der Waals surface area contributed by atoms with E-state index in [1.54, 1.807) is 0 Å². The molecule has 1 aliphatic rings. The van der Waals surface area contributed by atoms with Gasteiger partial charge in [0, 0.05) is 12.8 Å². The Kier molecular flexibility index (Phi) is 17.3. The monoisotopic (exact) mass is 467 g/mol. The lowest BCUT2D eigenvalue weighted by atomic mass is 10.1. The van der Waals surface area contributed by atoms with Crippen LogP contribution in [-0.2, 0) is 23.9 Å². The number of esters is 2. The Morgan fingerprint density at radius 2 is 1.52 bits per heavy atom. The highest BCUT2D eigenvalue weighted by molar-refractivity contribution is 5.88. The molecule has 7 heteroatoms. The summed E-state index contributed by atoms with van der Waals surface area (Å²) in [5, 5.41) is 12.3. The molecule has 2 atom stereocenters. The molecule has 1 unspecified atom stereocenters. The predicted molar refractivity (Wildman–Crippen MR) is 129 cm³/mol. The van der Waals surface area contributed by atoms with Gasteiger partial charge in [0.2, 0.25) is 5.91 Å². The van der Waals surface area contributed by atoms with Gasteiger partial charge in [0.15, 0.2) is 0 Å². The predicted octanol–water partition coefficient (Wildman–Crippen LogP) is 4.75. The number of allylic oxidation sites excluding steroid dienone is 2. The van der Waals surface area contributed by atoms with E-state index < -0.39 is 18.1 Å². The molecule has 0 aromatic rings. The molecule has 0 bridgehead atoms. The highest BCUT2D eigenvalue weighted by Gasteiger charge is 2.28. The minimum atomic E-state index is -1.07. The average molecular weight is 468 g/mol. The first kappa shape index (κ1) is 29.1. The maximum atomic E-state index is 11.8. The quantitative estimate of drug-likeness (QED) is 0.152. The second-order valence-electron chi connectivity index (χ2n) is 8.96. The van der Waals surface area contributed by atoms with Gasteiger partial charge in [-0.15, -0.1) is 0 Å². The van der Waals surface area contributed by atoms with Crippen molar-refractivity contribution in [2.24, 2.45) is 0 Å². The van der Waals surface area contributed by atoms with E-state index in [9.17, 15) is 19.5 Å². The second-order valence-corrected chi connectivity index (χ2v) is 8.96. The first-order valence-corrected chi connectivity index (χ1v) is 13.0. The first-order chi connectivity index (χ1) is 16.0. The van der Waals surface area contributed by atoms with Gasteiger partial charge in [-0.05, 0) is 38.5 Å². The van der Waals surface area contributed by atoms with Crippen molar-refractivity contribution in [2.75, 3.05) is 13.2 Å². The molecule has 1 aliphatic heterocycles. The summed E-state index contributed by atoms with van der Waals surface area (Å²) in [6.45, 7) is 1.79. The number of hydrogen-bond acceptors (Lipinski definition) is 6. The number of unbranched alkanes of at least 4 members (excludes halogenated alkanes) is 11. The highest BCUT2D eigenvalue weighted by Crippen LogP contribution is 2.11. The molecule has 1 amide bonds. The summed E-state index contributed by atoms with van der Waals surface area (Å²) in [4.78, 5) is 34.6. The van der Waals surface area contributed by atoms with Gasteiger partial charge in [0.05, 0.1) is 0 Å². The third-order valence-corrected chi connectivity index (χ3v) is 5.78. The van der Waals surface area contributed by atoms with Gasteiger partial charge in [0.25, 0.3) is 0 Å². The van der Waals surface area contributed by atoms with Crippen molar-refractivity contribution in [2.45, 2.75) is 122 Å². The minimum Gasteiger partial charge on any atom is -0.463 e. The van der Waals surface area contributed by atoms with Crippen molar-refractivity contribution in [3.63, 3.8) is 0 Å². The summed E-state index contributed by atoms with van der Waals surface area (Å²) < 4.78 is 10.00. The standard InChI is InChI=1S/C26H45NO6/c1-2-3-4-5-6-7-8-9-10-11-12-13-14-15-16-17-25(30)32-20-22(28)21-33-26(31)23-18-19-24(29)27-23/h9-10,22-23,28H,2-8,11-21H2,1H3,(H,27,29)/t22?,23-/m0/s1. The van der Waals surface area contributed by atoms with E-state index in [1.165, 1.54) is 57.8 Å². The van der Waals surface area contributed by atoms with Crippen LogP contribution in [0.3, 0.4) is 0 Å². The van der Waals surface area contributed by atoms with Crippen LogP contribution in [0, 0.1) is 0 Å². The Labute approximate surface area is 199 Å². The normalized spacial score (nSPS) is 16.7. The summed E-state index contributed by atoms with van der Waals surface area (Å²) in [6, 6.07) is -0.645. The van der Waals surface area contributed by atoms with Gasteiger partial charge < -0.3 is 19.9 Å². The molecule has 1 fully saturated rings. The van der Waals surface area contributed by atoms with E-state index in [4.69, 9.17) is 9.47 Å². The molecular formula is C26H45NO6. The third-order valence-electron chi connectivity index (χ3n) is 5.78. The van der Waals surface area contributed by atoms with Crippen LogP contribution in [0.1, 0.15) is 110 Å². The zero-order chi connectivity index (χ0) is 24.2. The van der Waals surface area contributed by atoms with Gasteiger partial charge in [-0.3, -0.25) is 9.59 Å². The molecule has 1 saturated heterocycles. The van der Waals surface area contributed by atoms with Crippen molar-refractivity contribution in [1.82, 2.24) is 5.32 Å². The van der Waals surface area contributed by atoms with Crippen LogP contribution in [0.15, 0.2) is 12.2 Å². The van der Waals surface area contributed by atoms with Crippen molar-refractivity contribution in [3.05, 3.63) is 12.2 Å². The van der Waals surface area contributed by atoms with E-state index in [-0.39, 0.29) is 25.1 Å². The lowest BCUT2D eigenvalue weighted by molar-refractivity contribution is -0.154. The van der Waals surface area contributed by atoms with Crippen LogP contribution in [0.25, 0.3) is 0 Å². The summed E-state index contributed by atoms with van der Waals surface area (Å²) in [6.07, 6.45) is 20.2. The van der Waals surface area contributed by atoms with Crippen LogP contribution in [0.2, 0.25) is 0 Å². The number of aliphatic hydroxyl groups excluding tert-OH is 1. The number of ether oxygens (including phenoxy) is 2. The Bertz CT molecular complexity index is 577. The average Bonchev–Trinajstić information content (AvgIpc) is 3.25. The van der Waals surface area contributed by atoms with Crippen molar-refractivity contribution in [3.8, 4) is 0 Å². The van der Waals surface area contributed by atoms with Gasteiger partial charge >= 0.3 is 11.9 Å². The Morgan fingerprint density at radius 3 is 2.12 bits per heavy atom. The Balaban J connectivity index is 1.87. The molecule has 0 radical (unpaired) electrons. The Morgan fingerprint density at radius 1 is 0.939 bits per heavy atom. The lowest BCUT2D eigenvalue weighted by Crippen LogP contribution is -2.36. The van der Waals surface area contributed by atoms with Crippen LogP contribution >= 0.6 is 0 Å². The largest absolute Gasteiger partial charge is 0.463 e. The molecule has 0 saturated carbocycles. The minimum absolute atomic E-state index is 0.179. The molecular weight excluding hydrogens is 422 g/mol. The third kappa shape index (κ3) is 16.4. The molecule has 1 rings (SSSR count). The molecule has 0 spiro atoms. The highest BCUT2D eigenvalue weighted by atomic mass is 16.6. The van der Waals surface area contributed by atoms with Gasteiger partial charge in [-0.1, -0.05) is 70.4 Å². The summed E-state index contributed by atoms with van der Waals surface area (Å²) in [5.41, 5.74) is 0. The van der Waals surface area contributed by atoms with Crippen LogP contribution < -0.4 is 5.32 Å². The molecule has 0 aromatic carbocycles. The van der Waals surface area contributed by atoms with Gasteiger partial charge in [0.1, 0.15) is 25.4 Å². The fraction of sp³-hybridized carbons (Fsp3) is 0.808. The number of amides is 1. The van der Waals surface area contributed by atoms with Gasteiger partial charge in [-0.2, -0.15) is 0 Å². The zero-order valence-corrected chi connectivity index (χ0v) is 20.5. The van der Waals surface area contributed by atoms with Crippen molar-refractivity contribution < 1.29 is 29.0 Å². The fourth-order valence-corrected chi connectivity index (χ4v) is 3.72. The molecule has 1 heterocycles. The van der Waals surface area contributed by atoms with Crippen molar-refractivity contribution >= 4 is 17.8 Å². The van der Waals surface area contributed by atoms with Crippen LogP contribution in [0.4, 0.5) is 0 Å². The SMILES string of the molecule is CCCCCCCCC=CCCCCCCCC(=O)OCC(O)COC(=O)[C@@H]1CCC(=O)N1. The topological polar surface area (TPSA) is 102 Å². The number of aliphatic hydroxyl groups is 1. The van der Waals surface area contributed by atoms with E-state index >= 15 is 0 Å². The van der Waals surface area contributed by atoms with Crippen molar-refractivity contribution in [1.29, 1.82) is 0 Å². The second kappa shape index (κ2) is 19.6. The maximum Gasteiger partial charge on any atom is 0.328 e. The zero-order valence-electron chi connectivity index (χ0n) is 20.5. The molecule has 33 heavy (non-hydrogen) atoms. The number of carbonyl (C=O) groups excluding carboxylic acids is 3. The molecule has 190 valence electrons. The first-order valence-electron chi connectivity index (χ1n) is 13.0. The molecule has 7 nitrogen and oxygen atoms in total. The summed E-state index contributed by atoms with van der Waals surface area (Å²) in [7, 11) is 0. The summed E-state index contributed by atoms with van der Waals surface area (Å²) >= 11 is 0. The Hall–Kier alpha value is -1.89. The van der Waals surface area contributed by atoms with E-state index in [0.29, 0.717) is 19.3 Å². The number of rotatable bonds is 20. The fourth-order valence-electron chi connectivity index (χ4n) is 3.72. The molecule has 2 N–H and O–H groups in total. The maximum absolute atomic E-state index is 11.8. The smallest absolute Gasteiger partial charge is 0.328 e. The van der Waals surface area contributed by atoms with Crippen LogP contribution in [-0.4, -0.2) is 48.3 Å². The van der Waals surface area contributed by atoms with Crippen LogP contribution in [0.5, 0.6) is 0 Å². The number of carbonyl (C=O) groups is 3. The number of hydrogen-bond donors (Lipinski definition) is 2. The molecule has 0 aromatic heterocycles. The summed E-state index contributed by atoms with van der Waals surface area (Å²) in [5.74, 6) is -1.09. The van der Waals surface area contributed by atoms with E-state index in [0.717, 1.165) is 25.7 Å². The molecule has 0 aliphatic carbocycles. The van der Waals surface area contributed by atoms with Gasteiger partial charge in [-0.25, -0.2) is 4.79 Å². The van der Waals surface area contributed by atoms with E-state index in [2.05, 4.69) is 24.4 Å². The number of nitrogens with one attached hydrogen (secondary N) is 1. The lowest BCUT2D eigenvalue weighted by Gasteiger charge is -2.14. The van der Waals surface area contributed by atoms with E-state index in [1.807, 2.05) is 0 Å².